The van der Waals surface area contributed by atoms with Gasteiger partial charge in [-0.2, -0.15) is 8.78 Å². The SMILES string of the molecule is NS(=O)(=O)CCCOc1cc2cc(C(F)(F)P(=O)(O)O)c(Br)cc2cn1. The number of nitrogens with two attached hydrogens (primary N) is 1. The average Bonchev–Trinajstić information content (AvgIpc) is 2.49. The summed E-state index contributed by atoms with van der Waals surface area (Å²) in [6.45, 7) is -0.0169. The lowest BCUT2D eigenvalue weighted by atomic mass is 10.1. The summed E-state index contributed by atoms with van der Waals surface area (Å²) in [5.74, 6) is -0.244. The molecule has 13 heteroatoms. The van der Waals surface area contributed by atoms with Crippen LogP contribution in [0.1, 0.15) is 12.0 Å². The van der Waals surface area contributed by atoms with Gasteiger partial charge in [-0.05, 0) is 23.9 Å². The Morgan fingerprint density at radius 2 is 1.92 bits per heavy atom. The molecule has 0 radical (unpaired) electrons. The summed E-state index contributed by atoms with van der Waals surface area (Å²) in [6, 6.07) is 3.49. The molecule has 0 bridgehead atoms. The summed E-state index contributed by atoms with van der Waals surface area (Å²) >= 11 is 2.88. The second kappa shape index (κ2) is 7.45. The fourth-order valence-electron chi connectivity index (χ4n) is 2.05. The van der Waals surface area contributed by atoms with E-state index in [1.807, 2.05) is 0 Å². The van der Waals surface area contributed by atoms with Crippen LogP contribution in [-0.4, -0.2) is 35.5 Å². The van der Waals surface area contributed by atoms with Crippen molar-refractivity contribution in [2.24, 2.45) is 5.14 Å². The number of pyridine rings is 1. The number of halogens is 3. The van der Waals surface area contributed by atoms with Crippen LogP contribution in [0.3, 0.4) is 0 Å². The molecule has 0 aliphatic carbocycles. The average molecular weight is 475 g/mol. The zero-order valence-electron chi connectivity index (χ0n) is 13.0. The molecule has 0 saturated carbocycles. The molecule has 0 amide bonds. The summed E-state index contributed by atoms with van der Waals surface area (Å²) in [4.78, 5) is 21.8. The van der Waals surface area contributed by atoms with E-state index >= 15 is 0 Å². The van der Waals surface area contributed by atoms with Crippen molar-refractivity contribution in [2.45, 2.75) is 12.1 Å². The van der Waals surface area contributed by atoms with Crippen LogP contribution in [0.5, 0.6) is 5.88 Å². The molecule has 0 aliphatic rings. The predicted octanol–water partition coefficient (Wildman–Crippen LogP) is 2.28. The van der Waals surface area contributed by atoms with Crippen LogP contribution in [0, 0.1) is 0 Å². The minimum Gasteiger partial charge on any atom is -0.478 e. The maximum absolute atomic E-state index is 14.0. The monoisotopic (exact) mass is 474 g/mol. The van der Waals surface area contributed by atoms with Crippen molar-refractivity contribution in [1.29, 1.82) is 0 Å². The molecule has 2 rings (SSSR count). The Morgan fingerprint density at radius 3 is 2.50 bits per heavy atom. The van der Waals surface area contributed by atoms with E-state index in [1.54, 1.807) is 0 Å². The molecule has 8 nitrogen and oxygen atoms in total. The molecule has 1 heterocycles. The molecule has 0 unspecified atom stereocenters. The van der Waals surface area contributed by atoms with Crippen molar-refractivity contribution >= 4 is 44.3 Å². The van der Waals surface area contributed by atoms with Gasteiger partial charge in [0.2, 0.25) is 15.9 Å². The van der Waals surface area contributed by atoms with Gasteiger partial charge in [-0.1, -0.05) is 15.9 Å². The number of alkyl halides is 2. The molecule has 26 heavy (non-hydrogen) atoms. The first-order valence-corrected chi connectivity index (χ1v) is 11.1. The van der Waals surface area contributed by atoms with Gasteiger partial charge in [-0.25, -0.2) is 18.5 Å². The Kier molecular flexibility index (Phi) is 6.06. The third-order valence-electron chi connectivity index (χ3n) is 3.30. The molecular weight excluding hydrogens is 461 g/mol. The van der Waals surface area contributed by atoms with E-state index in [2.05, 4.69) is 20.9 Å². The molecule has 0 atom stereocenters. The lowest BCUT2D eigenvalue weighted by Gasteiger charge is -2.20. The van der Waals surface area contributed by atoms with Crippen LogP contribution in [0.15, 0.2) is 28.9 Å². The lowest BCUT2D eigenvalue weighted by Crippen LogP contribution is -2.18. The van der Waals surface area contributed by atoms with E-state index in [1.165, 1.54) is 18.3 Å². The number of fused-ring (bicyclic) bond motifs is 1. The van der Waals surface area contributed by atoms with Crippen molar-refractivity contribution in [2.75, 3.05) is 12.4 Å². The number of benzene rings is 1. The van der Waals surface area contributed by atoms with Gasteiger partial charge in [0.05, 0.1) is 12.4 Å². The maximum atomic E-state index is 14.0. The largest absolute Gasteiger partial charge is 0.478 e. The molecule has 0 fully saturated rings. The van der Waals surface area contributed by atoms with Crippen molar-refractivity contribution in [3.8, 4) is 5.88 Å². The lowest BCUT2D eigenvalue weighted by molar-refractivity contribution is 0.0558. The van der Waals surface area contributed by atoms with Gasteiger partial charge >= 0.3 is 13.3 Å². The highest BCUT2D eigenvalue weighted by Gasteiger charge is 2.51. The molecule has 1 aromatic carbocycles. The van der Waals surface area contributed by atoms with Crippen LogP contribution in [0.4, 0.5) is 8.78 Å². The topological polar surface area (TPSA) is 140 Å². The van der Waals surface area contributed by atoms with E-state index in [-0.39, 0.29) is 34.5 Å². The fraction of sp³-hybridized carbons (Fsp3) is 0.308. The molecule has 1 aromatic heterocycles. The first kappa shape index (κ1) is 21.1. The molecule has 0 spiro atoms. The molecule has 0 saturated heterocycles. The Labute approximate surface area is 155 Å². The summed E-state index contributed by atoms with van der Waals surface area (Å²) in [7, 11) is -9.34. The fourth-order valence-corrected chi connectivity index (χ4v) is 3.83. The quantitative estimate of drug-likeness (QED) is 0.412. The standard InChI is InChI=1S/C13H14BrF2N2O6PS/c14-11-5-9-7-18-12(24-2-1-3-26(17,22)23)6-8(9)4-10(11)13(15,16)25(19,20)21/h4-7H,1-3H2,(H2,17,22,23)(H2,19,20,21). The number of sulfonamides is 1. The normalized spacial score (nSPS) is 13.2. The van der Waals surface area contributed by atoms with Gasteiger partial charge in [0.25, 0.3) is 0 Å². The number of primary sulfonamides is 1. The van der Waals surface area contributed by atoms with Crippen molar-refractivity contribution in [3.63, 3.8) is 0 Å². The third kappa shape index (κ3) is 4.96. The first-order valence-electron chi connectivity index (χ1n) is 6.98. The highest BCUT2D eigenvalue weighted by atomic mass is 79.9. The van der Waals surface area contributed by atoms with Gasteiger partial charge in [-0.3, -0.25) is 4.57 Å². The summed E-state index contributed by atoms with van der Waals surface area (Å²) in [6.07, 6.45) is 1.44. The minimum absolute atomic E-state index is 0.0169. The Bertz CT molecular complexity index is 982. The van der Waals surface area contributed by atoms with Crippen LogP contribution < -0.4 is 9.88 Å². The molecule has 0 aliphatic heterocycles. The van der Waals surface area contributed by atoms with Gasteiger partial charge in [-0.15, -0.1) is 0 Å². The van der Waals surface area contributed by atoms with E-state index in [0.717, 1.165) is 6.07 Å². The highest BCUT2D eigenvalue weighted by Crippen LogP contribution is 2.60. The maximum Gasteiger partial charge on any atom is 0.399 e. The van der Waals surface area contributed by atoms with E-state index < -0.39 is 28.8 Å². The Morgan fingerprint density at radius 1 is 1.27 bits per heavy atom. The van der Waals surface area contributed by atoms with Crippen molar-refractivity contribution in [3.05, 3.63) is 34.4 Å². The van der Waals surface area contributed by atoms with E-state index in [4.69, 9.17) is 19.7 Å². The first-order chi connectivity index (χ1) is 11.8. The van der Waals surface area contributed by atoms with Crippen LogP contribution in [0.25, 0.3) is 10.8 Å². The second-order valence-corrected chi connectivity index (χ2v) is 9.59. The van der Waals surface area contributed by atoms with E-state index in [9.17, 15) is 21.8 Å². The molecule has 2 aromatic rings. The number of aromatic nitrogens is 1. The highest BCUT2D eigenvalue weighted by molar-refractivity contribution is 9.10. The number of ether oxygens (including phenoxy) is 1. The van der Waals surface area contributed by atoms with Crippen molar-refractivity contribution in [1.82, 2.24) is 4.98 Å². The van der Waals surface area contributed by atoms with E-state index in [0.29, 0.717) is 5.39 Å². The summed E-state index contributed by atoms with van der Waals surface area (Å²) in [5.41, 5.74) is -5.25. The third-order valence-corrected chi connectivity index (χ3v) is 5.78. The zero-order chi connectivity index (χ0) is 19.8. The Balaban J connectivity index is 2.31. The van der Waals surface area contributed by atoms with Gasteiger partial charge in [0, 0.05) is 27.7 Å². The summed E-state index contributed by atoms with van der Waals surface area (Å²) in [5, 5.41) is 5.50. The Hall–Kier alpha value is -1.17. The summed E-state index contributed by atoms with van der Waals surface area (Å²) < 4.78 is 65.8. The molecular formula is C13H14BrF2N2O6PS. The van der Waals surface area contributed by atoms with Gasteiger partial charge in [0.1, 0.15) is 0 Å². The number of hydrogen-bond acceptors (Lipinski definition) is 5. The van der Waals surface area contributed by atoms with Crippen LogP contribution >= 0.6 is 23.5 Å². The number of rotatable bonds is 7. The predicted molar refractivity (Wildman–Crippen MR) is 93.5 cm³/mol. The molecule has 144 valence electrons. The van der Waals surface area contributed by atoms with Crippen LogP contribution in [-0.2, 0) is 20.3 Å². The molecule has 4 N–H and O–H groups in total. The van der Waals surface area contributed by atoms with Gasteiger partial charge < -0.3 is 14.5 Å². The van der Waals surface area contributed by atoms with Crippen molar-refractivity contribution < 1.29 is 36.3 Å². The smallest absolute Gasteiger partial charge is 0.399 e. The van der Waals surface area contributed by atoms with Crippen LogP contribution in [0.2, 0.25) is 0 Å². The minimum atomic E-state index is -5.72. The second-order valence-electron chi connectivity index (χ2n) is 5.36. The zero-order valence-corrected chi connectivity index (χ0v) is 16.3. The van der Waals surface area contributed by atoms with Gasteiger partial charge in [0.15, 0.2) is 0 Å². The number of hydrogen-bond donors (Lipinski definition) is 3. The number of nitrogens with zero attached hydrogens (tertiary/aromatic N) is 1.